The maximum absolute atomic E-state index is 6.23. The predicted octanol–water partition coefficient (Wildman–Crippen LogP) is 3.07. The van der Waals surface area contributed by atoms with Crippen LogP contribution in [0.1, 0.15) is 38.7 Å². The maximum Gasteiger partial charge on any atom is 0.0170 e. The van der Waals surface area contributed by atoms with E-state index in [4.69, 9.17) is 5.73 Å². The minimum absolute atomic E-state index is 0.294. The molecule has 0 heterocycles. The number of unbranched alkanes of at least 4 members (excludes halogenated alkanes) is 1. The second kappa shape index (κ2) is 9.12. The Hall–Kier alpha value is -0.860. The molecule has 0 amide bonds. The normalized spacial score (nSPS) is 12.9. The number of hydrogen-bond acceptors (Lipinski definition) is 2. The highest BCUT2D eigenvalue weighted by molar-refractivity contribution is 5.14. The smallest absolute Gasteiger partial charge is 0.0170 e. The predicted molar refractivity (Wildman–Crippen MR) is 79.8 cm³/mol. The molecule has 18 heavy (non-hydrogen) atoms. The summed E-state index contributed by atoms with van der Waals surface area (Å²) in [6, 6.07) is 10.9. The summed E-state index contributed by atoms with van der Waals surface area (Å²) < 4.78 is 0. The van der Waals surface area contributed by atoms with E-state index in [2.05, 4.69) is 49.1 Å². The van der Waals surface area contributed by atoms with Crippen molar-refractivity contribution < 1.29 is 0 Å². The number of nitrogens with two attached hydrogens (primary N) is 1. The minimum Gasteiger partial charge on any atom is -0.327 e. The van der Waals surface area contributed by atoms with E-state index in [1.807, 2.05) is 0 Å². The van der Waals surface area contributed by atoms with Crippen molar-refractivity contribution in [3.8, 4) is 0 Å². The first-order chi connectivity index (χ1) is 8.76. The van der Waals surface area contributed by atoms with Crippen LogP contribution in [0.4, 0.5) is 0 Å². The number of aryl methyl sites for hydroxylation is 1. The molecule has 1 aromatic rings. The Morgan fingerprint density at radius 3 is 2.50 bits per heavy atom. The number of hydrogen-bond donors (Lipinski definition) is 1. The van der Waals surface area contributed by atoms with Crippen molar-refractivity contribution in [2.75, 3.05) is 19.6 Å². The average Bonchev–Trinajstić information content (AvgIpc) is 2.42. The fraction of sp³-hybridized carbons (Fsp3) is 0.625. The van der Waals surface area contributed by atoms with E-state index in [1.54, 1.807) is 0 Å². The molecular weight excluding hydrogens is 220 g/mol. The standard InChI is InChI=1S/C16H28N2/c1-3-5-13-18(4-2)14-16(17)12-11-15-9-7-6-8-10-15/h6-10,16H,3-5,11-14,17H2,1-2H3. The topological polar surface area (TPSA) is 29.3 Å². The molecule has 2 nitrogen and oxygen atoms in total. The molecule has 0 radical (unpaired) electrons. The molecule has 0 aliphatic carbocycles. The molecule has 2 N–H and O–H groups in total. The molecule has 2 heteroatoms. The van der Waals surface area contributed by atoms with Crippen LogP contribution in [0.25, 0.3) is 0 Å². The van der Waals surface area contributed by atoms with E-state index >= 15 is 0 Å². The lowest BCUT2D eigenvalue weighted by Gasteiger charge is -2.24. The third-order valence-corrected chi connectivity index (χ3v) is 3.41. The van der Waals surface area contributed by atoms with Gasteiger partial charge in [-0.2, -0.15) is 0 Å². The second-order valence-corrected chi connectivity index (χ2v) is 5.03. The number of likely N-dealkylation sites (N-methyl/N-ethyl adjacent to an activating group) is 1. The van der Waals surface area contributed by atoms with Crippen molar-refractivity contribution in [3.63, 3.8) is 0 Å². The lowest BCUT2D eigenvalue weighted by Crippen LogP contribution is -2.38. The van der Waals surface area contributed by atoms with Gasteiger partial charge in [0.2, 0.25) is 0 Å². The zero-order valence-corrected chi connectivity index (χ0v) is 11.9. The first-order valence-corrected chi connectivity index (χ1v) is 7.28. The Bertz CT molecular complexity index is 297. The zero-order chi connectivity index (χ0) is 13.2. The van der Waals surface area contributed by atoms with Crippen molar-refractivity contribution >= 4 is 0 Å². The van der Waals surface area contributed by atoms with Gasteiger partial charge in [-0.3, -0.25) is 0 Å². The molecule has 0 saturated heterocycles. The van der Waals surface area contributed by atoms with Crippen LogP contribution in [-0.2, 0) is 6.42 Å². The number of nitrogens with zero attached hydrogens (tertiary/aromatic N) is 1. The van der Waals surface area contributed by atoms with E-state index in [9.17, 15) is 0 Å². The number of benzene rings is 1. The molecule has 1 unspecified atom stereocenters. The first-order valence-electron chi connectivity index (χ1n) is 7.28. The van der Waals surface area contributed by atoms with Crippen molar-refractivity contribution in [1.29, 1.82) is 0 Å². The molecule has 0 aromatic heterocycles. The Kier molecular flexibility index (Phi) is 7.70. The Balaban J connectivity index is 2.25. The van der Waals surface area contributed by atoms with Crippen LogP contribution in [0.15, 0.2) is 30.3 Å². The quantitative estimate of drug-likeness (QED) is 0.728. The molecule has 0 aliphatic rings. The second-order valence-electron chi connectivity index (χ2n) is 5.03. The van der Waals surface area contributed by atoms with E-state index in [1.165, 1.54) is 24.9 Å². The highest BCUT2D eigenvalue weighted by Crippen LogP contribution is 2.05. The van der Waals surface area contributed by atoms with Gasteiger partial charge in [-0.05, 0) is 37.9 Å². The maximum atomic E-state index is 6.23. The Labute approximate surface area is 112 Å². The van der Waals surface area contributed by atoms with E-state index in [0.717, 1.165) is 25.9 Å². The lowest BCUT2D eigenvalue weighted by molar-refractivity contribution is 0.261. The van der Waals surface area contributed by atoms with E-state index in [-0.39, 0.29) is 0 Å². The summed E-state index contributed by atoms with van der Waals surface area (Å²) in [4.78, 5) is 2.47. The molecule has 0 spiro atoms. The summed E-state index contributed by atoms with van der Waals surface area (Å²) in [6.07, 6.45) is 4.70. The van der Waals surface area contributed by atoms with Gasteiger partial charge in [-0.1, -0.05) is 50.6 Å². The van der Waals surface area contributed by atoms with Gasteiger partial charge < -0.3 is 10.6 Å². The van der Waals surface area contributed by atoms with Gasteiger partial charge in [0.1, 0.15) is 0 Å². The Morgan fingerprint density at radius 2 is 1.89 bits per heavy atom. The van der Waals surface area contributed by atoms with Crippen molar-refractivity contribution in [2.24, 2.45) is 5.73 Å². The van der Waals surface area contributed by atoms with E-state index in [0.29, 0.717) is 6.04 Å². The van der Waals surface area contributed by atoms with Crippen LogP contribution in [0, 0.1) is 0 Å². The lowest BCUT2D eigenvalue weighted by atomic mass is 10.1. The summed E-state index contributed by atoms with van der Waals surface area (Å²) in [6.45, 7) is 7.79. The van der Waals surface area contributed by atoms with Gasteiger partial charge in [0.05, 0.1) is 0 Å². The summed E-state index contributed by atoms with van der Waals surface area (Å²) in [5.74, 6) is 0. The van der Waals surface area contributed by atoms with Crippen LogP contribution in [0.5, 0.6) is 0 Å². The van der Waals surface area contributed by atoms with Gasteiger partial charge in [-0.15, -0.1) is 0 Å². The summed E-state index contributed by atoms with van der Waals surface area (Å²) in [7, 11) is 0. The molecule has 1 atom stereocenters. The highest BCUT2D eigenvalue weighted by atomic mass is 15.1. The number of rotatable bonds is 9. The third-order valence-electron chi connectivity index (χ3n) is 3.41. The molecule has 1 rings (SSSR count). The Morgan fingerprint density at radius 1 is 1.17 bits per heavy atom. The molecule has 0 aliphatic heterocycles. The van der Waals surface area contributed by atoms with Gasteiger partial charge >= 0.3 is 0 Å². The van der Waals surface area contributed by atoms with Crippen LogP contribution in [0.3, 0.4) is 0 Å². The van der Waals surface area contributed by atoms with Crippen LogP contribution in [-0.4, -0.2) is 30.6 Å². The van der Waals surface area contributed by atoms with Crippen molar-refractivity contribution in [3.05, 3.63) is 35.9 Å². The van der Waals surface area contributed by atoms with Gasteiger partial charge in [0.25, 0.3) is 0 Å². The summed E-state index contributed by atoms with van der Waals surface area (Å²) in [5, 5.41) is 0. The van der Waals surface area contributed by atoms with E-state index < -0.39 is 0 Å². The molecule has 0 saturated carbocycles. The molecular formula is C16H28N2. The monoisotopic (exact) mass is 248 g/mol. The first kappa shape index (κ1) is 15.2. The molecule has 102 valence electrons. The van der Waals surface area contributed by atoms with Gasteiger partial charge in [0.15, 0.2) is 0 Å². The average molecular weight is 248 g/mol. The molecule has 0 bridgehead atoms. The third kappa shape index (κ3) is 6.18. The van der Waals surface area contributed by atoms with Crippen LogP contribution >= 0.6 is 0 Å². The fourth-order valence-corrected chi connectivity index (χ4v) is 2.18. The van der Waals surface area contributed by atoms with Gasteiger partial charge in [0, 0.05) is 12.6 Å². The molecule has 0 fully saturated rings. The van der Waals surface area contributed by atoms with Crippen molar-refractivity contribution in [2.45, 2.75) is 45.6 Å². The minimum atomic E-state index is 0.294. The SMILES string of the molecule is CCCCN(CC)CC(N)CCc1ccccc1. The highest BCUT2D eigenvalue weighted by Gasteiger charge is 2.08. The van der Waals surface area contributed by atoms with Gasteiger partial charge in [-0.25, -0.2) is 0 Å². The largest absolute Gasteiger partial charge is 0.327 e. The summed E-state index contributed by atoms with van der Waals surface area (Å²) in [5.41, 5.74) is 7.62. The molecule has 1 aromatic carbocycles. The fourth-order valence-electron chi connectivity index (χ4n) is 2.18. The van der Waals surface area contributed by atoms with Crippen LogP contribution in [0.2, 0.25) is 0 Å². The van der Waals surface area contributed by atoms with Crippen LogP contribution < -0.4 is 5.73 Å². The summed E-state index contributed by atoms with van der Waals surface area (Å²) >= 11 is 0. The van der Waals surface area contributed by atoms with Crippen molar-refractivity contribution in [1.82, 2.24) is 4.90 Å². The zero-order valence-electron chi connectivity index (χ0n) is 11.9.